The second kappa shape index (κ2) is 5.27. The molecule has 0 fully saturated rings. The van der Waals surface area contributed by atoms with E-state index in [9.17, 15) is 0 Å². The first-order valence-electron chi connectivity index (χ1n) is 6.00. The van der Waals surface area contributed by atoms with Gasteiger partial charge < -0.3 is 4.74 Å². The summed E-state index contributed by atoms with van der Waals surface area (Å²) in [7, 11) is 0. The molecular weight excluding hydrogens is 295 g/mol. The first-order valence-corrected chi connectivity index (χ1v) is 6.75. The van der Waals surface area contributed by atoms with Crippen molar-refractivity contribution < 1.29 is 4.74 Å². The maximum absolute atomic E-state index is 5.94. The first-order chi connectivity index (χ1) is 9.63. The Morgan fingerprint density at radius 3 is 2.60 bits per heavy atom. The van der Waals surface area contributed by atoms with Crippen LogP contribution in [0.3, 0.4) is 0 Å². The molecular formula is C15H10Cl2N2O. The van der Waals surface area contributed by atoms with E-state index in [-0.39, 0.29) is 5.28 Å². The maximum Gasteiger partial charge on any atom is 0.231 e. The Kier molecular flexibility index (Phi) is 3.47. The molecule has 5 heteroatoms. The van der Waals surface area contributed by atoms with Crippen LogP contribution in [0.25, 0.3) is 10.9 Å². The molecule has 0 saturated heterocycles. The van der Waals surface area contributed by atoms with E-state index < -0.39 is 0 Å². The van der Waals surface area contributed by atoms with Gasteiger partial charge in [-0.2, -0.15) is 4.98 Å². The molecule has 1 aromatic heterocycles. The van der Waals surface area contributed by atoms with E-state index >= 15 is 0 Å². The van der Waals surface area contributed by atoms with Gasteiger partial charge in [0.25, 0.3) is 0 Å². The Hall–Kier alpha value is -1.84. The molecule has 0 unspecified atom stereocenters. The lowest BCUT2D eigenvalue weighted by atomic mass is 10.2. The maximum atomic E-state index is 5.94. The van der Waals surface area contributed by atoms with E-state index in [0.29, 0.717) is 16.7 Å². The van der Waals surface area contributed by atoms with E-state index in [1.54, 1.807) is 6.07 Å². The molecule has 20 heavy (non-hydrogen) atoms. The SMILES string of the molecule is Cc1cc(Cl)ccc1Oc1nc(Cl)nc2ccccc12. The highest BCUT2D eigenvalue weighted by molar-refractivity contribution is 6.30. The van der Waals surface area contributed by atoms with Gasteiger partial charge in [-0.1, -0.05) is 23.7 Å². The van der Waals surface area contributed by atoms with Gasteiger partial charge in [-0.15, -0.1) is 0 Å². The molecule has 3 aromatic rings. The van der Waals surface area contributed by atoms with Gasteiger partial charge in [0.2, 0.25) is 11.2 Å². The van der Waals surface area contributed by atoms with Crippen molar-refractivity contribution in [2.75, 3.05) is 0 Å². The summed E-state index contributed by atoms with van der Waals surface area (Å²) in [6, 6.07) is 13.0. The normalized spacial score (nSPS) is 10.8. The number of ether oxygens (including phenoxy) is 1. The smallest absolute Gasteiger partial charge is 0.231 e. The quantitative estimate of drug-likeness (QED) is 0.622. The Labute approximate surface area is 126 Å². The number of para-hydroxylation sites is 1. The molecule has 100 valence electrons. The largest absolute Gasteiger partial charge is 0.438 e. The molecule has 0 atom stereocenters. The highest BCUT2D eigenvalue weighted by Gasteiger charge is 2.10. The molecule has 1 heterocycles. The summed E-state index contributed by atoms with van der Waals surface area (Å²) in [5.41, 5.74) is 1.67. The third-order valence-corrected chi connectivity index (χ3v) is 3.29. The molecule has 0 amide bonds. The third-order valence-electron chi connectivity index (χ3n) is 2.88. The van der Waals surface area contributed by atoms with Gasteiger partial charge in [-0.3, -0.25) is 0 Å². The first kappa shape index (κ1) is 13.2. The summed E-state index contributed by atoms with van der Waals surface area (Å²) in [5.74, 6) is 1.13. The van der Waals surface area contributed by atoms with Gasteiger partial charge in [-0.05, 0) is 54.4 Å². The van der Waals surface area contributed by atoms with Crippen LogP contribution in [-0.2, 0) is 0 Å². The van der Waals surface area contributed by atoms with E-state index in [0.717, 1.165) is 16.5 Å². The summed E-state index contributed by atoms with van der Waals surface area (Å²) in [5, 5.41) is 1.64. The standard InChI is InChI=1S/C15H10Cl2N2O/c1-9-8-10(16)6-7-13(9)20-14-11-4-2-3-5-12(11)18-15(17)19-14/h2-8H,1H3. The van der Waals surface area contributed by atoms with E-state index in [2.05, 4.69) is 9.97 Å². The predicted octanol–water partition coefficient (Wildman–Crippen LogP) is 5.04. The third kappa shape index (κ3) is 2.55. The number of aromatic nitrogens is 2. The molecule has 3 rings (SSSR count). The van der Waals surface area contributed by atoms with Gasteiger partial charge >= 0.3 is 0 Å². The van der Waals surface area contributed by atoms with Crippen LogP contribution in [0.5, 0.6) is 11.6 Å². The van der Waals surface area contributed by atoms with Crippen molar-refractivity contribution >= 4 is 34.1 Å². The molecule has 3 nitrogen and oxygen atoms in total. The zero-order chi connectivity index (χ0) is 14.1. The second-order valence-corrected chi connectivity index (χ2v) is 5.10. The monoisotopic (exact) mass is 304 g/mol. The molecule has 0 radical (unpaired) electrons. The van der Waals surface area contributed by atoms with Gasteiger partial charge in [-0.25, -0.2) is 4.98 Å². The van der Waals surface area contributed by atoms with E-state index in [1.807, 2.05) is 43.3 Å². The Balaban J connectivity index is 2.10. The molecule has 0 aliphatic heterocycles. The lowest BCUT2D eigenvalue weighted by molar-refractivity contribution is 0.465. The molecule has 0 aliphatic rings. The lowest BCUT2D eigenvalue weighted by Gasteiger charge is -2.10. The molecule has 0 aliphatic carbocycles. The van der Waals surface area contributed by atoms with Crippen molar-refractivity contribution in [2.45, 2.75) is 6.92 Å². The van der Waals surface area contributed by atoms with Crippen molar-refractivity contribution in [1.82, 2.24) is 9.97 Å². The average Bonchev–Trinajstić information content (AvgIpc) is 2.41. The fourth-order valence-electron chi connectivity index (χ4n) is 1.93. The van der Waals surface area contributed by atoms with E-state index in [1.165, 1.54) is 0 Å². The van der Waals surface area contributed by atoms with Crippen molar-refractivity contribution in [2.24, 2.45) is 0 Å². The Morgan fingerprint density at radius 1 is 1.00 bits per heavy atom. The average molecular weight is 305 g/mol. The van der Waals surface area contributed by atoms with Crippen LogP contribution in [0, 0.1) is 6.92 Å². The van der Waals surface area contributed by atoms with Crippen LogP contribution in [0.4, 0.5) is 0 Å². The number of rotatable bonds is 2. The minimum absolute atomic E-state index is 0.158. The molecule has 0 N–H and O–H groups in total. The highest BCUT2D eigenvalue weighted by Crippen LogP contribution is 2.31. The summed E-state index contributed by atoms with van der Waals surface area (Å²) < 4.78 is 5.86. The van der Waals surface area contributed by atoms with Gasteiger partial charge in [0.15, 0.2) is 0 Å². The van der Waals surface area contributed by atoms with Crippen LogP contribution in [0.1, 0.15) is 5.56 Å². The number of halogens is 2. The fraction of sp³-hybridized carbons (Fsp3) is 0.0667. The van der Waals surface area contributed by atoms with Crippen LogP contribution in [0.2, 0.25) is 10.3 Å². The summed E-state index contributed by atoms with van der Waals surface area (Å²) in [4.78, 5) is 8.33. The van der Waals surface area contributed by atoms with Gasteiger partial charge in [0.05, 0.1) is 10.9 Å². The van der Waals surface area contributed by atoms with Crippen molar-refractivity contribution in [3.05, 3.63) is 58.3 Å². The predicted molar refractivity (Wildman–Crippen MR) is 80.8 cm³/mol. The number of benzene rings is 2. The number of aryl methyl sites for hydroxylation is 1. The van der Waals surface area contributed by atoms with Crippen molar-refractivity contribution in [1.29, 1.82) is 0 Å². The van der Waals surface area contributed by atoms with Crippen LogP contribution < -0.4 is 4.74 Å². The Bertz CT molecular complexity index is 790. The number of nitrogens with zero attached hydrogens (tertiary/aromatic N) is 2. The summed E-state index contributed by atoms with van der Waals surface area (Å²) >= 11 is 11.9. The minimum Gasteiger partial charge on any atom is -0.438 e. The molecule has 0 saturated carbocycles. The summed E-state index contributed by atoms with van der Waals surface area (Å²) in [6.07, 6.45) is 0. The van der Waals surface area contributed by atoms with Gasteiger partial charge in [0.1, 0.15) is 5.75 Å². The van der Waals surface area contributed by atoms with Crippen LogP contribution >= 0.6 is 23.2 Å². The van der Waals surface area contributed by atoms with E-state index in [4.69, 9.17) is 27.9 Å². The highest BCUT2D eigenvalue weighted by atomic mass is 35.5. The van der Waals surface area contributed by atoms with Crippen LogP contribution in [-0.4, -0.2) is 9.97 Å². The molecule has 0 spiro atoms. The molecule has 0 bridgehead atoms. The molecule has 2 aromatic carbocycles. The zero-order valence-corrected chi connectivity index (χ0v) is 12.1. The second-order valence-electron chi connectivity index (χ2n) is 4.33. The van der Waals surface area contributed by atoms with Gasteiger partial charge in [0, 0.05) is 5.02 Å². The summed E-state index contributed by atoms with van der Waals surface area (Å²) in [6.45, 7) is 1.92. The number of hydrogen-bond acceptors (Lipinski definition) is 3. The Morgan fingerprint density at radius 2 is 1.80 bits per heavy atom. The fourth-order valence-corrected chi connectivity index (χ4v) is 2.32. The van der Waals surface area contributed by atoms with Crippen molar-refractivity contribution in [3.8, 4) is 11.6 Å². The number of fused-ring (bicyclic) bond motifs is 1. The number of hydrogen-bond donors (Lipinski definition) is 0. The minimum atomic E-state index is 0.158. The van der Waals surface area contributed by atoms with Crippen molar-refractivity contribution in [3.63, 3.8) is 0 Å². The topological polar surface area (TPSA) is 35.0 Å². The van der Waals surface area contributed by atoms with Crippen LogP contribution in [0.15, 0.2) is 42.5 Å². The zero-order valence-electron chi connectivity index (χ0n) is 10.6. The lowest BCUT2D eigenvalue weighted by Crippen LogP contribution is -1.94.